The maximum Gasteiger partial charge on any atom is 0.0895 e. The molecule has 0 aliphatic rings. The van der Waals surface area contributed by atoms with Crippen molar-refractivity contribution in [3.05, 3.63) is 47.6 Å². The fraction of sp³-hybridized carbons (Fsp3) is 0. The Hall–Kier alpha value is -1.34. The van der Waals surface area contributed by atoms with Crippen molar-refractivity contribution < 1.29 is 0 Å². The molecule has 0 aliphatic heterocycles. The molecule has 1 aromatic heterocycles. The first-order valence-corrected chi connectivity index (χ1v) is 4.37. The van der Waals surface area contributed by atoms with Crippen LogP contribution in [-0.4, -0.2) is 4.98 Å². The summed E-state index contributed by atoms with van der Waals surface area (Å²) in [4.78, 5) is 4.34. The van der Waals surface area contributed by atoms with Crippen molar-refractivity contribution in [2.75, 3.05) is 0 Å². The van der Waals surface area contributed by atoms with Crippen LogP contribution in [0.3, 0.4) is 0 Å². The van der Waals surface area contributed by atoms with Crippen LogP contribution in [0.1, 0.15) is 5.69 Å². The van der Waals surface area contributed by atoms with Crippen molar-refractivity contribution in [3.8, 4) is 0 Å². The Labute approximate surface area is 81.7 Å². The average molecular weight is 190 g/mol. The Morgan fingerprint density at radius 3 is 2.85 bits per heavy atom. The lowest BCUT2D eigenvalue weighted by atomic mass is 10.2. The van der Waals surface area contributed by atoms with Gasteiger partial charge in [-0.05, 0) is 18.2 Å². The van der Waals surface area contributed by atoms with Gasteiger partial charge in [0.05, 0.1) is 16.2 Å². The van der Waals surface area contributed by atoms with Crippen LogP contribution < -0.4 is 0 Å². The predicted octanol–water partition coefficient (Wildman–Crippen LogP) is 3.53. The summed E-state index contributed by atoms with van der Waals surface area (Å²) < 4.78 is 0. The van der Waals surface area contributed by atoms with E-state index in [0.29, 0.717) is 5.02 Å². The van der Waals surface area contributed by atoms with Gasteiger partial charge in [-0.15, -0.1) is 0 Å². The largest absolute Gasteiger partial charge is 0.247 e. The summed E-state index contributed by atoms with van der Waals surface area (Å²) >= 11 is 5.99. The quantitative estimate of drug-likeness (QED) is 0.669. The standard InChI is InChI=1S/C11H8ClN/c1-2-9-7-6-8-4-3-5-10(12)11(8)13-9/h2-7H,1H2. The highest BCUT2D eigenvalue weighted by Crippen LogP contribution is 2.21. The first-order chi connectivity index (χ1) is 6.31. The van der Waals surface area contributed by atoms with Crippen LogP contribution in [0.5, 0.6) is 0 Å². The maximum absolute atomic E-state index is 5.99. The van der Waals surface area contributed by atoms with Gasteiger partial charge >= 0.3 is 0 Å². The van der Waals surface area contributed by atoms with E-state index < -0.39 is 0 Å². The van der Waals surface area contributed by atoms with Gasteiger partial charge in [0.25, 0.3) is 0 Å². The summed E-state index contributed by atoms with van der Waals surface area (Å²) in [7, 11) is 0. The van der Waals surface area contributed by atoms with Crippen LogP contribution >= 0.6 is 11.6 Å². The van der Waals surface area contributed by atoms with Crippen molar-refractivity contribution in [3.63, 3.8) is 0 Å². The van der Waals surface area contributed by atoms with E-state index in [1.54, 1.807) is 6.08 Å². The molecule has 1 aromatic carbocycles. The van der Waals surface area contributed by atoms with Crippen molar-refractivity contribution in [1.29, 1.82) is 0 Å². The smallest absolute Gasteiger partial charge is 0.0895 e. The van der Waals surface area contributed by atoms with Crippen LogP contribution in [0.2, 0.25) is 5.02 Å². The topological polar surface area (TPSA) is 12.9 Å². The minimum atomic E-state index is 0.682. The molecule has 2 aromatic rings. The molecule has 2 rings (SSSR count). The second kappa shape index (κ2) is 3.19. The molecule has 0 bridgehead atoms. The molecule has 0 unspecified atom stereocenters. The van der Waals surface area contributed by atoms with Crippen LogP contribution in [0, 0.1) is 0 Å². The lowest BCUT2D eigenvalue weighted by molar-refractivity contribution is 1.37. The zero-order valence-electron chi connectivity index (χ0n) is 7.00. The van der Waals surface area contributed by atoms with E-state index in [1.165, 1.54) is 0 Å². The Bertz CT molecular complexity index is 463. The molecule has 0 saturated carbocycles. The van der Waals surface area contributed by atoms with Gasteiger partial charge in [0.2, 0.25) is 0 Å². The predicted molar refractivity (Wildman–Crippen MR) is 56.8 cm³/mol. The van der Waals surface area contributed by atoms with Crippen LogP contribution in [0.15, 0.2) is 36.9 Å². The van der Waals surface area contributed by atoms with Gasteiger partial charge in [-0.3, -0.25) is 0 Å². The fourth-order valence-corrected chi connectivity index (χ4v) is 1.46. The van der Waals surface area contributed by atoms with Gasteiger partial charge in [0, 0.05) is 5.39 Å². The third-order valence-electron chi connectivity index (χ3n) is 1.90. The molecular weight excluding hydrogens is 182 g/mol. The summed E-state index contributed by atoms with van der Waals surface area (Å²) in [5.74, 6) is 0. The minimum absolute atomic E-state index is 0.682. The van der Waals surface area contributed by atoms with E-state index >= 15 is 0 Å². The monoisotopic (exact) mass is 189 g/mol. The Kier molecular flexibility index (Phi) is 2.03. The van der Waals surface area contributed by atoms with Crippen LogP contribution in [0.4, 0.5) is 0 Å². The molecule has 0 saturated heterocycles. The lowest BCUT2D eigenvalue weighted by Crippen LogP contribution is -1.83. The second-order valence-corrected chi connectivity index (χ2v) is 3.16. The Morgan fingerprint density at radius 2 is 2.08 bits per heavy atom. The van der Waals surface area contributed by atoms with Gasteiger partial charge < -0.3 is 0 Å². The molecule has 2 heteroatoms. The molecule has 0 spiro atoms. The molecule has 64 valence electrons. The number of fused-ring (bicyclic) bond motifs is 1. The number of aromatic nitrogens is 1. The zero-order valence-corrected chi connectivity index (χ0v) is 7.75. The highest BCUT2D eigenvalue weighted by atomic mass is 35.5. The Morgan fingerprint density at radius 1 is 1.23 bits per heavy atom. The number of para-hydroxylation sites is 1. The molecular formula is C11H8ClN. The molecule has 0 amide bonds. The molecule has 0 radical (unpaired) electrons. The number of rotatable bonds is 1. The van der Waals surface area contributed by atoms with Crippen LogP contribution in [0.25, 0.3) is 17.0 Å². The fourth-order valence-electron chi connectivity index (χ4n) is 1.24. The summed E-state index contributed by atoms with van der Waals surface area (Å²) in [5, 5.41) is 1.74. The van der Waals surface area contributed by atoms with E-state index in [9.17, 15) is 0 Å². The van der Waals surface area contributed by atoms with Gasteiger partial charge in [0.1, 0.15) is 0 Å². The maximum atomic E-state index is 5.99. The van der Waals surface area contributed by atoms with E-state index in [1.807, 2.05) is 30.3 Å². The van der Waals surface area contributed by atoms with Gasteiger partial charge in [-0.25, -0.2) is 4.98 Å². The summed E-state index contributed by atoms with van der Waals surface area (Å²) in [6, 6.07) is 9.65. The van der Waals surface area contributed by atoms with Crippen LogP contribution in [-0.2, 0) is 0 Å². The number of pyridine rings is 1. The highest BCUT2D eigenvalue weighted by molar-refractivity contribution is 6.35. The van der Waals surface area contributed by atoms with Crippen molar-refractivity contribution >= 4 is 28.6 Å². The van der Waals surface area contributed by atoms with Crippen molar-refractivity contribution in [1.82, 2.24) is 4.98 Å². The SMILES string of the molecule is C=Cc1ccc2cccc(Cl)c2n1. The third-order valence-corrected chi connectivity index (χ3v) is 2.21. The molecule has 0 atom stereocenters. The zero-order chi connectivity index (χ0) is 9.26. The molecule has 1 nitrogen and oxygen atoms in total. The first kappa shape index (κ1) is 8.27. The number of nitrogens with zero attached hydrogens (tertiary/aromatic N) is 1. The number of benzene rings is 1. The van der Waals surface area contributed by atoms with Gasteiger partial charge in [-0.2, -0.15) is 0 Å². The first-order valence-electron chi connectivity index (χ1n) is 3.99. The number of hydrogen-bond donors (Lipinski definition) is 0. The molecule has 0 fully saturated rings. The second-order valence-electron chi connectivity index (χ2n) is 2.75. The molecule has 0 aliphatic carbocycles. The van der Waals surface area contributed by atoms with Crippen molar-refractivity contribution in [2.24, 2.45) is 0 Å². The van der Waals surface area contributed by atoms with E-state index in [2.05, 4.69) is 11.6 Å². The van der Waals surface area contributed by atoms with E-state index in [-0.39, 0.29) is 0 Å². The summed E-state index contributed by atoms with van der Waals surface area (Å²) in [6.07, 6.45) is 1.71. The minimum Gasteiger partial charge on any atom is -0.247 e. The Balaban J connectivity index is 2.81. The average Bonchev–Trinajstić information content (AvgIpc) is 2.18. The molecule has 13 heavy (non-hydrogen) atoms. The van der Waals surface area contributed by atoms with Gasteiger partial charge in [0.15, 0.2) is 0 Å². The normalized spacial score (nSPS) is 10.2. The number of halogens is 1. The van der Waals surface area contributed by atoms with Crippen molar-refractivity contribution in [2.45, 2.75) is 0 Å². The van der Waals surface area contributed by atoms with E-state index in [0.717, 1.165) is 16.6 Å². The van der Waals surface area contributed by atoms with Gasteiger partial charge in [-0.1, -0.05) is 36.4 Å². The highest BCUT2D eigenvalue weighted by Gasteiger charge is 1.99. The number of hydrogen-bond acceptors (Lipinski definition) is 1. The third kappa shape index (κ3) is 1.43. The lowest BCUT2D eigenvalue weighted by Gasteiger charge is -1.99. The summed E-state index contributed by atoms with van der Waals surface area (Å²) in [6.45, 7) is 3.66. The van der Waals surface area contributed by atoms with E-state index in [4.69, 9.17) is 11.6 Å². The molecule has 1 heterocycles. The molecule has 0 N–H and O–H groups in total. The summed E-state index contributed by atoms with van der Waals surface area (Å²) in [5.41, 5.74) is 1.68.